The first kappa shape index (κ1) is 27.9. The van der Waals surface area contributed by atoms with Crippen molar-refractivity contribution in [2.24, 2.45) is 22.2 Å². The van der Waals surface area contributed by atoms with Gasteiger partial charge >= 0.3 is 0 Å². The van der Waals surface area contributed by atoms with Crippen LogP contribution in [0.25, 0.3) is 0 Å². The largest absolute Gasteiger partial charge is 0.481 e. The highest BCUT2D eigenvalue weighted by Crippen LogP contribution is 2.13. The first-order chi connectivity index (χ1) is 13.0. The monoisotopic (exact) mass is 386 g/mol. The van der Waals surface area contributed by atoms with Gasteiger partial charge in [-0.1, -0.05) is 89.9 Å². The Morgan fingerprint density at radius 3 is 1.19 bits per heavy atom. The summed E-state index contributed by atoms with van der Waals surface area (Å²) in [5.74, 6) is -0.614. The molecule has 0 radical (unpaired) electrons. The molecule has 162 valence electrons. The summed E-state index contributed by atoms with van der Waals surface area (Å²) in [6, 6.07) is 0. The van der Waals surface area contributed by atoms with E-state index < -0.39 is 5.97 Å². The number of carboxylic acid groups (broad SMARTS) is 1. The summed E-state index contributed by atoms with van der Waals surface area (Å²) in [4.78, 5) is 13.0. The van der Waals surface area contributed by atoms with Gasteiger partial charge in [-0.15, -0.1) is 0 Å². The third-order valence-electron chi connectivity index (χ3n) is 4.41. The summed E-state index contributed by atoms with van der Waals surface area (Å²) in [6.45, 7) is 2.73. The van der Waals surface area contributed by atoms with E-state index in [4.69, 9.17) is 27.1 Å². The van der Waals surface area contributed by atoms with Crippen LogP contribution in [-0.4, -0.2) is 30.1 Å². The third kappa shape index (κ3) is 36.4. The quantitative estimate of drug-likeness (QED) is 0.156. The molecule has 0 bridgehead atoms. The Morgan fingerprint density at radius 1 is 0.667 bits per heavy atom. The number of guanidine groups is 1. The van der Waals surface area contributed by atoms with Crippen molar-refractivity contribution in [1.29, 1.82) is 0 Å². The molecule has 0 aromatic heterocycles. The Balaban J connectivity index is 0. The van der Waals surface area contributed by atoms with E-state index in [1.165, 1.54) is 96.3 Å². The Bertz CT molecular complexity index is 328. The van der Waals surface area contributed by atoms with Gasteiger partial charge in [-0.25, -0.2) is 0 Å². The molecule has 0 aliphatic heterocycles. The second kappa shape index (κ2) is 24.7. The molecule has 0 unspecified atom stereocenters. The average Bonchev–Trinajstić information content (AvgIpc) is 2.60. The van der Waals surface area contributed by atoms with Gasteiger partial charge in [-0.05, 0) is 19.4 Å². The number of carboxylic acids is 1. The van der Waals surface area contributed by atoms with Gasteiger partial charge in [0.15, 0.2) is 5.96 Å². The molecular formula is C21H46N4O2. The van der Waals surface area contributed by atoms with Crippen LogP contribution in [0.4, 0.5) is 0 Å². The van der Waals surface area contributed by atoms with Crippen molar-refractivity contribution in [3.63, 3.8) is 0 Å². The van der Waals surface area contributed by atoms with E-state index in [9.17, 15) is 0 Å². The lowest BCUT2D eigenvalue weighted by atomic mass is 10.0. The number of nitrogens with zero attached hydrogens (tertiary/aromatic N) is 1. The maximum Gasteiger partial charge on any atom is 0.300 e. The second-order valence-electron chi connectivity index (χ2n) is 7.27. The van der Waals surface area contributed by atoms with Crippen molar-refractivity contribution in [3.05, 3.63) is 0 Å². The van der Waals surface area contributed by atoms with Crippen LogP contribution in [0, 0.1) is 0 Å². The highest BCUT2D eigenvalue weighted by Gasteiger charge is 1.94. The summed E-state index contributed by atoms with van der Waals surface area (Å²) in [6.07, 6.45) is 21.7. The fourth-order valence-corrected chi connectivity index (χ4v) is 2.94. The number of nitrogens with two attached hydrogens (primary N) is 3. The van der Waals surface area contributed by atoms with Crippen LogP contribution in [0.3, 0.4) is 0 Å². The van der Waals surface area contributed by atoms with Crippen LogP contribution < -0.4 is 17.2 Å². The fourth-order valence-electron chi connectivity index (χ4n) is 2.94. The number of rotatable bonds is 18. The number of aliphatic imine (C=N–C) groups is 1. The minimum Gasteiger partial charge on any atom is -0.481 e. The van der Waals surface area contributed by atoms with Gasteiger partial charge in [-0.3, -0.25) is 9.79 Å². The first-order valence-electron chi connectivity index (χ1n) is 11.0. The third-order valence-corrected chi connectivity index (χ3v) is 4.41. The van der Waals surface area contributed by atoms with Gasteiger partial charge in [0.05, 0.1) is 0 Å². The molecule has 6 heteroatoms. The van der Waals surface area contributed by atoms with Gasteiger partial charge in [0.25, 0.3) is 5.97 Å². The van der Waals surface area contributed by atoms with E-state index in [2.05, 4.69) is 4.99 Å². The van der Waals surface area contributed by atoms with Crippen LogP contribution in [0.1, 0.15) is 110 Å². The summed E-state index contributed by atoms with van der Waals surface area (Å²) >= 11 is 0. The lowest BCUT2D eigenvalue weighted by Gasteiger charge is -2.03. The van der Waals surface area contributed by atoms with Crippen molar-refractivity contribution < 1.29 is 9.90 Å². The molecule has 6 nitrogen and oxygen atoms in total. The van der Waals surface area contributed by atoms with Gasteiger partial charge in [0, 0.05) is 13.5 Å². The SMILES string of the molecule is CC(=O)O.NCCCCCCCCCCCCCCCCCCN=C(N)N. The molecule has 0 atom stereocenters. The topological polar surface area (TPSA) is 128 Å². The standard InChI is InChI=1S/C19H42N4.C2H4O2/c20-17-15-13-11-9-7-5-3-1-2-4-6-8-10-12-14-16-18-23-19(21)22;1-2(3)4/h1-18,20H2,(H4,21,22,23);1H3,(H,3,4). The highest BCUT2D eigenvalue weighted by atomic mass is 16.4. The average molecular weight is 387 g/mol. The smallest absolute Gasteiger partial charge is 0.300 e. The summed E-state index contributed by atoms with van der Waals surface area (Å²) < 4.78 is 0. The first-order valence-corrected chi connectivity index (χ1v) is 11.0. The van der Waals surface area contributed by atoms with Gasteiger partial charge in [-0.2, -0.15) is 0 Å². The van der Waals surface area contributed by atoms with Crippen LogP contribution in [0.5, 0.6) is 0 Å². The molecule has 0 aliphatic rings. The number of hydrogen-bond donors (Lipinski definition) is 4. The van der Waals surface area contributed by atoms with Crippen molar-refractivity contribution in [2.75, 3.05) is 13.1 Å². The molecule has 0 aliphatic carbocycles. The Morgan fingerprint density at radius 2 is 0.926 bits per heavy atom. The molecule has 0 heterocycles. The van der Waals surface area contributed by atoms with E-state index in [-0.39, 0.29) is 5.96 Å². The lowest BCUT2D eigenvalue weighted by molar-refractivity contribution is -0.134. The van der Waals surface area contributed by atoms with Crippen LogP contribution in [-0.2, 0) is 4.79 Å². The summed E-state index contributed by atoms with van der Waals surface area (Å²) in [7, 11) is 0. The summed E-state index contributed by atoms with van der Waals surface area (Å²) in [5, 5.41) is 7.42. The van der Waals surface area contributed by atoms with Gasteiger partial charge in [0.1, 0.15) is 0 Å². The lowest BCUT2D eigenvalue weighted by Crippen LogP contribution is -2.22. The minimum atomic E-state index is -0.833. The zero-order chi connectivity index (χ0) is 20.6. The Labute approximate surface area is 167 Å². The second-order valence-corrected chi connectivity index (χ2v) is 7.27. The fraction of sp³-hybridized carbons (Fsp3) is 0.905. The van der Waals surface area contributed by atoms with Crippen molar-refractivity contribution in [2.45, 2.75) is 110 Å². The number of carbonyl (C=O) groups is 1. The van der Waals surface area contributed by atoms with Crippen molar-refractivity contribution in [3.8, 4) is 0 Å². The molecule has 0 saturated carbocycles. The molecule has 0 saturated heterocycles. The van der Waals surface area contributed by atoms with E-state index in [1.54, 1.807) is 0 Å². The van der Waals surface area contributed by atoms with Crippen LogP contribution in [0.15, 0.2) is 4.99 Å². The Kier molecular flexibility index (Phi) is 25.5. The zero-order valence-corrected chi connectivity index (χ0v) is 17.8. The van der Waals surface area contributed by atoms with Gasteiger partial charge in [0.2, 0.25) is 0 Å². The molecule has 0 fully saturated rings. The normalized spacial score (nSPS) is 10.1. The minimum absolute atomic E-state index is 0.219. The number of unbranched alkanes of at least 4 members (excludes halogenated alkanes) is 15. The predicted octanol–water partition coefficient (Wildman–Crippen LogP) is 4.55. The highest BCUT2D eigenvalue weighted by molar-refractivity contribution is 5.75. The van der Waals surface area contributed by atoms with E-state index in [0.717, 1.165) is 26.4 Å². The Hall–Kier alpha value is -1.30. The maximum atomic E-state index is 9.00. The molecule has 7 N–H and O–H groups in total. The zero-order valence-electron chi connectivity index (χ0n) is 17.8. The molecular weight excluding hydrogens is 340 g/mol. The number of aliphatic carboxylic acids is 1. The molecule has 0 aromatic rings. The predicted molar refractivity (Wildman–Crippen MR) is 117 cm³/mol. The van der Waals surface area contributed by atoms with Crippen molar-refractivity contribution >= 4 is 11.9 Å². The van der Waals surface area contributed by atoms with Crippen LogP contribution in [0.2, 0.25) is 0 Å². The van der Waals surface area contributed by atoms with Gasteiger partial charge < -0.3 is 22.3 Å². The maximum absolute atomic E-state index is 9.00. The summed E-state index contributed by atoms with van der Waals surface area (Å²) in [5.41, 5.74) is 16.1. The molecule has 27 heavy (non-hydrogen) atoms. The van der Waals surface area contributed by atoms with E-state index >= 15 is 0 Å². The van der Waals surface area contributed by atoms with E-state index in [1.807, 2.05) is 0 Å². The molecule has 0 rings (SSSR count). The molecule has 0 spiro atoms. The van der Waals surface area contributed by atoms with E-state index in [0.29, 0.717) is 0 Å². The molecule has 0 amide bonds. The van der Waals surface area contributed by atoms with Crippen molar-refractivity contribution in [1.82, 2.24) is 0 Å². The van der Waals surface area contributed by atoms with Crippen LogP contribution >= 0.6 is 0 Å². The molecule has 0 aromatic carbocycles. The number of hydrogen-bond acceptors (Lipinski definition) is 3.